The van der Waals surface area contributed by atoms with Crippen LogP contribution in [-0.4, -0.2) is 52.0 Å². The van der Waals surface area contributed by atoms with Gasteiger partial charge in [0.05, 0.1) is 31.5 Å². The number of aliphatic hydroxyl groups is 4. The molecule has 120 valence electrons. The first kappa shape index (κ1) is 18.1. The number of hydrogen-bond donors (Lipinski definition) is 4. The van der Waals surface area contributed by atoms with Crippen LogP contribution in [0.1, 0.15) is 25.3 Å². The highest BCUT2D eigenvalue weighted by atomic mass is 16.5. The van der Waals surface area contributed by atoms with Crippen molar-refractivity contribution in [3.8, 4) is 0 Å². The van der Waals surface area contributed by atoms with Gasteiger partial charge in [-0.25, -0.2) is 0 Å². The molecule has 0 aliphatic carbocycles. The molecule has 4 N–H and O–H groups in total. The first-order valence-corrected chi connectivity index (χ1v) is 7.29. The summed E-state index contributed by atoms with van der Waals surface area (Å²) in [5.74, 6) is 0.0876. The van der Waals surface area contributed by atoms with Crippen molar-refractivity contribution in [3.63, 3.8) is 0 Å². The summed E-state index contributed by atoms with van der Waals surface area (Å²) in [5.41, 5.74) is 1.09. The number of benzene rings is 1. The van der Waals surface area contributed by atoms with Gasteiger partial charge in [-0.15, -0.1) is 0 Å². The Morgan fingerprint density at radius 1 is 1.00 bits per heavy atom. The van der Waals surface area contributed by atoms with Gasteiger partial charge >= 0.3 is 0 Å². The zero-order valence-corrected chi connectivity index (χ0v) is 12.4. The fraction of sp³-hybridized carbons (Fsp3) is 0.625. The molecule has 0 fully saturated rings. The summed E-state index contributed by atoms with van der Waals surface area (Å²) >= 11 is 0. The second kappa shape index (κ2) is 9.87. The molecule has 1 aromatic rings. The fourth-order valence-corrected chi connectivity index (χ4v) is 2.10. The molecule has 0 bridgehead atoms. The van der Waals surface area contributed by atoms with Crippen molar-refractivity contribution in [1.29, 1.82) is 0 Å². The predicted molar refractivity (Wildman–Crippen MR) is 79.6 cm³/mol. The van der Waals surface area contributed by atoms with Gasteiger partial charge in [-0.1, -0.05) is 37.3 Å². The second-order valence-corrected chi connectivity index (χ2v) is 5.55. The molecular weight excluding hydrogens is 272 g/mol. The van der Waals surface area contributed by atoms with Crippen LogP contribution in [0.3, 0.4) is 0 Å². The summed E-state index contributed by atoms with van der Waals surface area (Å²) in [6, 6.07) is 9.83. The summed E-state index contributed by atoms with van der Waals surface area (Å²) in [7, 11) is 0. The van der Waals surface area contributed by atoms with E-state index in [1.807, 2.05) is 37.3 Å². The van der Waals surface area contributed by atoms with E-state index < -0.39 is 24.9 Å². The maximum absolute atomic E-state index is 9.85. The van der Waals surface area contributed by atoms with E-state index in [0.717, 1.165) is 5.56 Å². The monoisotopic (exact) mass is 298 g/mol. The lowest BCUT2D eigenvalue weighted by atomic mass is 9.97. The van der Waals surface area contributed by atoms with Crippen molar-refractivity contribution < 1.29 is 25.2 Å². The Bertz CT molecular complexity index is 370. The lowest BCUT2D eigenvalue weighted by Gasteiger charge is -2.22. The molecule has 0 saturated heterocycles. The Morgan fingerprint density at radius 2 is 1.62 bits per heavy atom. The summed E-state index contributed by atoms with van der Waals surface area (Å²) < 4.78 is 5.58. The van der Waals surface area contributed by atoms with Crippen LogP contribution in [0.2, 0.25) is 0 Å². The van der Waals surface area contributed by atoms with E-state index in [4.69, 9.17) is 9.84 Å². The zero-order chi connectivity index (χ0) is 15.7. The first-order valence-electron chi connectivity index (χ1n) is 7.29. The summed E-state index contributed by atoms with van der Waals surface area (Å²) in [4.78, 5) is 0. The maximum atomic E-state index is 9.85. The van der Waals surface area contributed by atoms with E-state index in [9.17, 15) is 15.3 Å². The maximum Gasteiger partial charge on any atom is 0.0824 e. The van der Waals surface area contributed by atoms with Crippen molar-refractivity contribution >= 4 is 0 Å². The molecular formula is C16H26O5. The SMILES string of the molecule is C[C@H](COCc1ccccc1)C[C@H](O)[C@@H](O)C[C@H](O)CO. The van der Waals surface area contributed by atoms with Crippen molar-refractivity contribution in [3.05, 3.63) is 35.9 Å². The predicted octanol–water partition coefficient (Wildman–Crippen LogP) is 0.694. The molecule has 0 radical (unpaired) electrons. The topological polar surface area (TPSA) is 90.2 Å². The molecule has 5 heteroatoms. The van der Waals surface area contributed by atoms with Gasteiger partial charge in [0, 0.05) is 13.0 Å². The van der Waals surface area contributed by atoms with Gasteiger partial charge in [0.15, 0.2) is 0 Å². The fourth-order valence-electron chi connectivity index (χ4n) is 2.10. The molecule has 21 heavy (non-hydrogen) atoms. The van der Waals surface area contributed by atoms with Crippen LogP contribution in [0.4, 0.5) is 0 Å². The van der Waals surface area contributed by atoms with E-state index in [-0.39, 0.29) is 12.3 Å². The van der Waals surface area contributed by atoms with E-state index in [1.165, 1.54) is 0 Å². The van der Waals surface area contributed by atoms with Crippen LogP contribution in [-0.2, 0) is 11.3 Å². The molecule has 4 atom stereocenters. The van der Waals surface area contributed by atoms with E-state index in [2.05, 4.69) is 0 Å². The highest BCUT2D eigenvalue weighted by Crippen LogP contribution is 2.14. The molecule has 0 spiro atoms. The van der Waals surface area contributed by atoms with E-state index >= 15 is 0 Å². The number of ether oxygens (including phenoxy) is 1. The number of rotatable bonds is 10. The molecule has 0 amide bonds. The van der Waals surface area contributed by atoms with Gasteiger partial charge in [-0.2, -0.15) is 0 Å². The normalized spacial score (nSPS) is 17.2. The van der Waals surface area contributed by atoms with Gasteiger partial charge in [0.2, 0.25) is 0 Å². The standard InChI is InChI=1S/C16H26O5/c1-12(7-15(19)16(20)8-14(18)9-17)10-21-11-13-5-3-2-4-6-13/h2-6,12,14-20H,7-11H2,1H3/t12-,14-,15-,16-/m0/s1. The Kier molecular flexibility index (Phi) is 8.49. The number of hydrogen-bond acceptors (Lipinski definition) is 5. The molecule has 1 rings (SSSR count). The molecule has 5 nitrogen and oxygen atoms in total. The Labute approximate surface area is 125 Å². The zero-order valence-electron chi connectivity index (χ0n) is 12.4. The molecule has 0 aliphatic heterocycles. The highest BCUT2D eigenvalue weighted by Gasteiger charge is 2.21. The van der Waals surface area contributed by atoms with Gasteiger partial charge < -0.3 is 25.2 Å². The van der Waals surface area contributed by atoms with E-state index in [1.54, 1.807) is 0 Å². The van der Waals surface area contributed by atoms with Gasteiger partial charge in [0.25, 0.3) is 0 Å². The average molecular weight is 298 g/mol. The van der Waals surface area contributed by atoms with Crippen LogP contribution in [0.25, 0.3) is 0 Å². The number of aliphatic hydroxyl groups excluding tert-OH is 4. The van der Waals surface area contributed by atoms with Gasteiger partial charge in [-0.3, -0.25) is 0 Å². The minimum Gasteiger partial charge on any atom is -0.394 e. The van der Waals surface area contributed by atoms with Gasteiger partial charge in [-0.05, 0) is 17.9 Å². The van der Waals surface area contributed by atoms with Crippen LogP contribution in [0.15, 0.2) is 30.3 Å². The molecule has 0 unspecified atom stereocenters. The lowest BCUT2D eigenvalue weighted by Crippen LogP contribution is -2.33. The second-order valence-electron chi connectivity index (χ2n) is 5.55. The molecule has 0 heterocycles. The van der Waals surface area contributed by atoms with Crippen molar-refractivity contribution in [2.75, 3.05) is 13.2 Å². The van der Waals surface area contributed by atoms with Gasteiger partial charge in [0.1, 0.15) is 0 Å². The summed E-state index contributed by atoms with van der Waals surface area (Å²) in [6.07, 6.45) is -2.62. The Morgan fingerprint density at radius 3 is 2.24 bits per heavy atom. The third-order valence-corrected chi connectivity index (χ3v) is 3.33. The first-order chi connectivity index (χ1) is 10.0. The molecule has 0 aliphatic rings. The molecule has 0 saturated carbocycles. The third-order valence-electron chi connectivity index (χ3n) is 3.33. The lowest BCUT2D eigenvalue weighted by molar-refractivity contribution is -0.0370. The third kappa shape index (κ3) is 7.55. The molecule has 0 aromatic heterocycles. The summed E-state index contributed by atoms with van der Waals surface area (Å²) in [6.45, 7) is 2.53. The van der Waals surface area contributed by atoms with Crippen LogP contribution < -0.4 is 0 Å². The minimum atomic E-state index is -1.04. The van der Waals surface area contributed by atoms with Crippen LogP contribution >= 0.6 is 0 Å². The smallest absolute Gasteiger partial charge is 0.0824 e. The van der Waals surface area contributed by atoms with Crippen molar-refractivity contribution in [2.24, 2.45) is 5.92 Å². The molecule has 1 aromatic carbocycles. The van der Waals surface area contributed by atoms with Crippen molar-refractivity contribution in [1.82, 2.24) is 0 Å². The van der Waals surface area contributed by atoms with Crippen LogP contribution in [0, 0.1) is 5.92 Å². The highest BCUT2D eigenvalue weighted by molar-refractivity contribution is 5.13. The van der Waals surface area contributed by atoms with Crippen molar-refractivity contribution in [2.45, 2.75) is 44.7 Å². The van der Waals surface area contributed by atoms with E-state index in [0.29, 0.717) is 19.6 Å². The largest absolute Gasteiger partial charge is 0.394 e. The minimum absolute atomic E-state index is 0.0325. The average Bonchev–Trinajstić information content (AvgIpc) is 2.48. The van der Waals surface area contributed by atoms with Crippen LogP contribution in [0.5, 0.6) is 0 Å². The quantitative estimate of drug-likeness (QED) is 0.510. The summed E-state index contributed by atoms with van der Waals surface area (Å²) in [5, 5.41) is 37.5. The Hall–Kier alpha value is -0.980. The Balaban J connectivity index is 2.21.